The summed E-state index contributed by atoms with van der Waals surface area (Å²) in [6.07, 6.45) is 5.36. The highest BCUT2D eigenvalue weighted by molar-refractivity contribution is 6.39. The van der Waals surface area contributed by atoms with E-state index < -0.39 is 0 Å². The molecule has 6 rings (SSSR count). The Bertz CT molecular complexity index is 1810. The number of nitrogens with one attached hydrogen (secondary N) is 3. The van der Waals surface area contributed by atoms with E-state index in [1.165, 1.54) is 0 Å². The second-order valence-corrected chi connectivity index (χ2v) is 12.0. The highest BCUT2D eigenvalue weighted by atomic mass is 35.5. The predicted octanol–water partition coefficient (Wildman–Crippen LogP) is 4.97. The van der Waals surface area contributed by atoms with Crippen LogP contribution in [0.1, 0.15) is 30.5 Å². The molecule has 0 radical (unpaired) electrons. The summed E-state index contributed by atoms with van der Waals surface area (Å²) in [6, 6.07) is 13.0. The number of benzene rings is 1. The molecule has 11 nitrogen and oxygen atoms in total. The highest BCUT2D eigenvalue weighted by Crippen LogP contribution is 2.42. The minimum atomic E-state index is -0.362. The maximum atomic E-state index is 11.8. The number of aromatic nitrogens is 3. The van der Waals surface area contributed by atoms with E-state index in [1.807, 2.05) is 42.5 Å². The molecule has 13 heteroatoms. The van der Waals surface area contributed by atoms with Crippen LogP contribution in [0, 0.1) is 0 Å². The van der Waals surface area contributed by atoms with Gasteiger partial charge in [0.05, 0.1) is 48.0 Å². The van der Waals surface area contributed by atoms with Gasteiger partial charge in [-0.2, -0.15) is 0 Å². The number of carbonyl (C=O) groups is 2. The Morgan fingerprint density at radius 2 is 1.81 bits per heavy atom. The Labute approximate surface area is 282 Å². The molecule has 0 aliphatic carbocycles. The second-order valence-electron chi connectivity index (χ2n) is 11.2. The van der Waals surface area contributed by atoms with E-state index in [1.54, 1.807) is 26.6 Å². The number of methoxy groups -OCH3 is 2. The normalized spacial score (nSPS) is 17.4. The third kappa shape index (κ3) is 7.18. The largest absolute Gasteiger partial charge is 0.495 e. The van der Waals surface area contributed by atoms with Crippen LogP contribution in [0.15, 0.2) is 54.9 Å². The molecule has 1 aromatic carbocycles. The van der Waals surface area contributed by atoms with Crippen LogP contribution in [0.3, 0.4) is 0 Å². The molecular weight excluding hydrogens is 643 g/mol. The van der Waals surface area contributed by atoms with Gasteiger partial charge in [0.15, 0.2) is 0 Å². The van der Waals surface area contributed by atoms with Crippen LogP contribution in [0.25, 0.3) is 33.6 Å². The number of amides is 1. The molecule has 2 saturated heterocycles. The Hall–Kier alpha value is -4.29. The van der Waals surface area contributed by atoms with E-state index in [0.29, 0.717) is 94.5 Å². The molecule has 5 heterocycles. The zero-order valence-electron chi connectivity index (χ0n) is 25.9. The van der Waals surface area contributed by atoms with E-state index in [4.69, 9.17) is 42.4 Å². The van der Waals surface area contributed by atoms with Crippen molar-refractivity contribution in [2.24, 2.45) is 0 Å². The zero-order valence-corrected chi connectivity index (χ0v) is 27.5. The fourth-order valence-corrected chi connectivity index (χ4v) is 6.39. The van der Waals surface area contributed by atoms with Crippen LogP contribution >= 0.6 is 23.2 Å². The first-order valence-corrected chi connectivity index (χ1v) is 16.0. The van der Waals surface area contributed by atoms with Crippen LogP contribution in [0.5, 0.6) is 11.6 Å². The number of halogens is 2. The monoisotopic (exact) mass is 676 g/mol. The van der Waals surface area contributed by atoms with Gasteiger partial charge >= 0.3 is 5.97 Å². The summed E-state index contributed by atoms with van der Waals surface area (Å²) in [5, 5.41) is 10.4. The molecule has 0 spiro atoms. The Morgan fingerprint density at radius 3 is 2.55 bits per heavy atom. The third-order valence-electron chi connectivity index (χ3n) is 8.25. The number of hydrogen-bond donors (Lipinski definition) is 3. The number of carbonyl (C=O) groups excluding carboxylic acids is 2. The molecule has 2 fully saturated rings. The zero-order chi connectivity index (χ0) is 32.9. The number of pyridine rings is 3. The lowest BCUT2D eigenvalue weighted by Crippen LogP contribution is -2.35. The average Bonchev–Trinajstić information content (AvgIpc) is 3.70. The lowest BCUT2D eigenvalue weighted by molar-refractivity contribution is -0.139. The van der Waals surface area contributed by atoms with Gasteiger partial charge in [0.1, 0.15) is 11.8 Å². The Balaban J connectivity index is 1.23. The van der Waals surface area contributed by atoms with Crippen molar-refractivity contribution in [1.29, 1.82) is 0 Å². The molecule has 3 N–H and O–H groups in total. The van der Waals surface area contributed by atoms with E-state index in [0.717, 1.165) is 17.5 Å². The van der Waals surface area contributed by atoms with Gasteiger partial charge in [0, 0.05) is 78.7 Å². The van der Waals surface area contributed by atoms with Gasteiger partial charge in [-0.3, -0.25) is 24.9 Å². The Kier molecular flexibility index (Phi) is 10.2. The number of cyclic esters (lactones) is 1. The molecule has 47 heavy (non-hydrogen) atoms. The molecule has 2 atom stereocenters. The average molecular weight is 678 g/mol. The minimum Gasteiger partial charge on any atom is -0.495 e. The van der Waals surface area contributed by atoms with Crippen molar-refractivity contribution in [3.63, 3.8) is 0 Å². The molecule has 4 aromatic rings. The molecule has 0 unspecified atom stereocenters. The molecule has 0 saturated carbocycles. The van der Waals surface area contributed by atoms with Gasteiger partial charge in [-0.15, -0.1) is 0 Å². The number of nitrogens with zero attached hydrogens (tertiary/aromatic N) is 3. The molecule has 2 aliphatic heterocycles. The summed E-state index contributed by atoms with van der Waals surface area (Å²) >= 11 is 14.0. The van der Waals surface area contributed by atoms with Crippen molar-refractivity contribution in [1.82, 2.24) is 30.9 Å². The summed E-state index contributed by atoms with van der Waals surface area (Å²) in [4.78, 5) is 37.2. The first-order valence-electron chi connectivity index (χ1n) is 15.3. The highest BCUT2D eigenvalue weighted by Gasteiger charge is 2.26. The van der Waals surface area contributed by atoms with Crippen LogP contribution in [0.4, 0.5) is 0 Å². The summed E-state index contributed by atoms with van der Waals surface area (Å²) in [7, 11) is 3.15. The number of esters is 1. The SMILES string of the molecule is COc1cc(-c2nccc(-c3cccc(-c4ccc(CNC[C@@H]5CCC(=O)N5)c(OC)n4)c3Cl)c2Cl)cnc1CN[C@H]1CCOC1=O. The van der Waals surface area contributed by atoms with Crippen LogP contribution in [0.2, 0.25) is 10.0 Å². The first kappa shape index (κ1) is 32.6. The van der Waals surface area contributed by atoms with E-state index in [9.17, 15) is 9.59 Å². The molecule has 2 aliphatic rings. The van der Waals surface area contributed by atoms with Crippen molar-refractivity contribution in [3.05, 3.63) is 76.2 Å². The van der Waals surface area contributed by atoms with Crippen molar-refractivity contribution in [2.45, 2.75) is 44.4 Å². The van der Waals surface area contributed by atoms with Gasteiger partial charge in [-0.1, -0.05) is 47.5 Å². The topological polar surface area (TPSA) is 137 Å². The van der Waals surface area contributed by atoms with Crippen molar-refractivity contribution in [3.8, 4) is 45.3 Å². The first-order chi connectivity index (χ1) is 22.9. The lowest BCUT2D eigenvalue weighted by Gasteiger charge is -2.16. The molecular formula is C34H34Cl2N6O5. The number of hydrogen-bond acceptors (Lipinski definition) is 10. The lowest BCUT2D eigenvalue weighted by atomic mass is 9.99. The molecule has 0 bridgehead atoms. The predicted molar refractivity (Wildman–Crippen MR) is 178 cm³/mol. The van der Waals surface area contributed by atoms with Crippen molar-refractivity contribution >= 4 is 35.1 Å². The van der Waals surface area contributed by atoms with Gasteiger partial charge in [-0.25, -0.2) is 4.98 Å². The second kappa shape index (κ2) is 14.6. The van der Waals surface area contributed by atoms with Gasteiger partial charge < -0.3 is 24.8 Å². The fourth-order valence-electron chi connectivity index (χ4n) is 5.75. The number of ether oxygens (including phenoxy) is 3. The van der Waals surface area contributed by atoms with Gasteiger partial charge in [0.25, 0.3) is 0 Å². The maximum Gasteiger partial charge on any atom is 0.323 e. The number of rotatable bonds is 12. The van der Waals surface area contributed by atoms with Crippen LogP contribution in [-0.4, -0.2) is 66.3 Å². The standard InChI is InChI=1S/C34H34Cl2N6O5/c1-45-28-14-20(16-39-27(28)18-40-26-11-13-47-34(26)44)32-31(36)23(10-12-38-32)22-4-3-5-24(30(22)35)25-8-6-19(33(42-25)46-2)15-37-17-21-7-9-29(43)41-21/h3-6,8,10,12,14,16,21,26,37,40H,7,9,11,13,15,17-18H2,1-2H3,(H,41,43)/t21-,26-/m0/s1. The minimum absolute atomic E-state index is 0.0921. The molecule has 244 valence electrons. The van der Waals surface area contributed by atoms with E-state index >= 15 is 0 Å². The van der Waals surface area contributed by atoms with E-state index in [2.05, 4.69) is 25.9 Å². The molecule has 3 aromatic heterocycles. The quantitative estimate of drug-likeness (QED) is 0.176. The summed E-state index contributed by atoms with van der Waals surface area (Å²) < 4.78 is 16.3. The fraction of sp³-hybridized carbons (Fsp3) is 0.324. The summed E-state index contributed by atoms with van der Waals surface area (Å²) in [5.74, 6) is 0.853. The molecule has 1 amide bonds. The Morgan fingerprint density at radius 1 is 0.979 bits per heavy atom. The van der Waals surface area contributed by atoms with Crippen LogP contribution in [-0.2, 0) is 27.4 Å². The smallest absolute Gasteiger partial charge is 0.323 e. The van der Waals surface area contributed by atoms with E-state index in [-0.39, 0.29) is 24.0 Å². The third-order valence-corrected chi connectivity index (χ3v) is 9.04. The van der Waals surface area contributed by atoms with Crippen molar-refractivity contribution in [2.75, 3.05) is 27.4 Å². The maximum absolute atomic E-state index is 11.8. The van der Waals surface area contributed by atoms with Crippen LogP contribution < -0.4 is 25.4 Å². The van der Waals surface area contributed by atoms with Crippen molar-refractivity contribution < 1.29 is 23.8 Å². The van der Waals surface area contributed by atoms with Gasteiger partial charge in [0.2, 0.25) is 11.8 Å². The van der Waals surface area contributed by atoms with Gasteiger partial charge in [-0.05, 0) is 24.6 Å². The summed E-state index contributed by atoms with van der Waals surface area (Å²) in [5.41, 5.74) is 5.49. The summed E-state index contributed by atoms with van der Waals surface area (Å²) in [6.45, 7) is 1.95.